The molecule has 5 nitrogen and oxygen atoms in total. The van der Waals surface area contributed by atoms with Crippen molar-refractivity contribution in [2.24, 2.45) is 0 Å². The van der Waals surface area contributed by atoms with Crippen molar-refractivity contribution in [3.8, 4) is 11.5 Å². The summed E-state index contributed by atoms with van der Waals surface area (Å²) in [4.78, 5) is 11.2. The van der Waals surface area contributed by atoms with Gasteiger partial charge in [0.2, 0.25) is 0 Å². The maximum atomic E-state index is 11.2. The van der Waals surface area contributed by atoms with Gasteiger partial charge in [0.1, 0.15) is 0 Å². The lowest BCUT2D eigenvalue weighted by molar-refractivity contribution is -0.132. The lowest BCUT2D eigenvalue weighted by Crippen LogP contribution is -2.21. The van der Waals surface area contributed by atoms with E-state index in [1.54, 1.807) is 6.07 Å². The van der Waals surface area contributed by atoms with E-state index >= 15 is 0 Å². The molecular weight excluding hydrogens is 360 g/mol. The zero-order chi connectivity index (χ0) is 16.7. The Labute approximate surface area is 144 Å². The van der Waals surface area contributed by atoms with Crippen molar-refractivity contribution in [2.45, 2.75) is 20.4 Å². The van der Waals surface area contributed by atoms with Crippen molar-refractivity contribution < 1.29 is 14.3 Å². The average molecular weight is 379 g/mol. The molecule has 0 saturated heterocycles. The van der Waals surface area contributed by atoms with E-state index in [4.69, 9.17) is 9.47 Å². The van der Waals surface area contributed by atoms with Crippen LogP contribution in [0.1, 0.15) is 19.4 Å². The predicted molar refractivity (Wildman–Crippen MR) is 93.5 cm³/mol. The van der Waals surface area contributed by atoms with Crippen molar-refractivity contribution in [3.05, 3.63) is 52.5 Å². The zero-order valence-electron chi connectivity index (χ0n) is 13.1. The van der Waals surface area contributed by atoms with Gasteiger partial charge in [-0.15, -0.1) is 0 Å². The first-order valence-corrected chi connectivity index (χ1v) is 8.07. The van der Waals surface area contributed by atoms with E-state index < -0.39 is 0 Å². The van der Waals surface area contributed by atoms with Crippen LogP contribution in [0.3, 0.4) is 0 Å². The number of hydrazine groups is 1. The molecule has 0 fully saturated rings. The monoisotopic (exact) mass is 378 g/mol. The molecular formula is C17H19BrN2O3. The smallest absolute Gasteiger partial charge is 0.308 e. The van der Waals surface area contributed by atoms with Crippen molar-refractivity contribution in [2.75, 3.05) is 12.0 Å². The van der Waals surface area contributed by atoms with E-state index in [-0.39, 0.29) is 5.97 Å². The van der Waals surface area contributed by atoms with Crippen LogP contribution in [0.5, 0.6) is 11.5 Å². The predicted octanol–water partition coefficient (Wildman–Crippen LogP) is 3.89. The Kier molecular flexibility index (Phi) is 6.43. The van der Waals surface area contributed by atoms with Crippen molar-refractivity contribution in [1.29, 1.82) is 0 Å². The minimum atomic E-state index is -0.380. The standard InChI is InChI=1S/C17H19BrN2O3/c1-3-22-16-9-13(15(18)10-17(16)23-12(2)21)11-19-20-14-7-5-4-6-8-14/h4-10,19-20H,3,11H2,1-2H3. The number of halogens is 1. The summed E-state index contributed by atoms with van der Waals surface area (Å²) in [5, 5.41) is 0. The molecule has 2 aromatic carbocycles. The molecule has 2 N–H and O–H groups in total. The molecule has 0 aliphatic rings. The van der Waals surface area contributed by atoms with Crippen molar-refractivity contribution >= 4 is 27.6 Å². The zero-order valence-corrected chi connectivity index (χ0v) is 14.6. The van der Waals surface area contributed by atoms with E-state index in [0.29, 0.717) is 24.7 Å². The van der Waals surface area contributed by atoms with E-state index in [1.165, 1.54) is 6.92 Å². The molecule has 0 aromatic heterocycles. The first kappa shape index (κ1) is 17.3. The molecule has 0 aliphatic heterocycles. The summed E-state index contributed by atoms with van der Waals surface area (Å²) in [6, 6.07) is 13.4. The van der Waals surface area contributed by atoms with Gasteiger partial charge in [-0.1, -0.05) is 34.1 Å². The van der Waals surface area contributed by atoms with Crippen LogP contribution < -0.4 is 20.3 Å². The number of carbonyl (C=O) groups is 1. The van der Waals surface area contributed by atoms with Gasteiger partial charge < -0.3 is 14.9 Å². The van der Waals surface area contributed by atoms with E-state index in [2.05, 4.69) is 26.8 Å². The average Bonchev–Trinajstić information content (AvgIpc) is 2.52. The first-order valence-electron chi connectivity index (χ1n) is 7.27. The molecule has 0 radical (unpaired) electrons. The highest BCUT2D eigenvalue weighted by Crippen LogP contribution is 2.34. The Morgan fingerprint density at radius 1 is 1.17 bits per heavy atom. The van der Waals surface area contributed by atoms with Crippen LogP contribution in [-0.4, -0.2) is 12.6 Å². The first-order chi connectivity index (χ1) is 11.1. The second-order valence-electron chi connectivity index (χ2n) is 4.76. The van der Waals surface area contributed by atoms with Gasteiger partial charge in [-0.05, 0) is 36.8 Å². The molecule has 0 saturated carbocycles. The Bertz CT molecular complexity index is 662. The maximum Gasteiger partial charge on any atom is 0.308 e. The number of hydrogen-bond donors (Lipinski definition) is 2. The van der Waals surface area contributed by atoms with Crippen molar-refractivity contribution in [1.82, 2.24) is 5.43 Å². The summed E-state index contributed by atoms with van der Waals surface area (Å²) < 4.78 is 11.6. The number of nitrogens with one attached hydrogen (secondary N) is 2. The van der Waals surface area contributed by atoms with Crippen LogP contribution in [0, 0.1) is 0 Å². The lowest BCUT2D eigenvalue weighted by Gasteiger charge is -2.14. The summed E-state index contributed by atoms with van der Waals surface area (Å²) in [6.07, 6.45) is 0. The number of rotatable bonds is 7. The summed E-state index contributed by atoms with van der Waals surface area (Å²) in [5.74, 6) is 0.572. The molecule has 0 atom stereocenters. The van der Waals surface area contributed by atoms with Gasteiger partial charge in [-0.2, -0.15) is 0 Å². The third-order valence-electron chi connectivity index (χ3n) is 2.95. The molecule has 0 aliphatic carbocycles. The number of esters is 1. The molecule has 23 heavy (non-hydrogen) atoms. The van der Waals surface area contributed by atoms with Gasteiger partial charge >= 0.3 is 5.97 Å². The number of carbonyl (C=O) groups excluding carboxylic acids is 1. The highest BCUT2D eigenvalue weighted by molar-refractivity contribution is 9.10. The van der Waals surface area contributed by atoms with Gasteiger partial charge in [-0.3, -0.25) is 4.79 Å². The Morgan fingerprint density at radius 2 is 1.91 bits per heavy atom. The number of ether oxygens (including phenoxy) is 2. The van der Waals surface area contributed by atoms with Crippen LogP contribution in [0.2, 0.25) is 0 Å². The molecule has 0 spiro atoms. The third-order valence-corrected chi connectivity index (χ3v) is 3.69. The highest BCUT2D eigenvalue weighted by Gasteiger charge is 2.12. The molecule has 6 heteroatoms. The molecule has 122 valence electrons. The SMILES string of the molecule is CCOc1cc(CNNc2ccccc2)c(Br)cc1OC(C)=O. The van der Waals surface area contributed by atoms with E-state index in [0.717, 1.165) is 15.7 Å². The number of para-hydroxylation sites is 1. The topological polar surface area (TPSA) is 59.6 Å². The summed E-state index contributed by atoms with van der Waals surface area (Å²) in [5.41, 5.74) is 8.22. The van der Waals surface area contributed by atoms with Crippen LogP contribution >= 0.6 is 15.9 Å². The maximum absolute atomic E-state index is 11.2. The van der Waals surface area contributed by atoms with Gasteiger partial charge in [0.05, 0.1) is 6.61 Å². The van der Waals surface area contributed by atoms with E-state index in [1.807, 2.05) is 43.3 Å². The van der Waals surface area contributed by atoms with Gasteiger partial charge in [0, 0.05) is 23.6 Å². The second kappa shape index (κ2) is 8.55. The van der Waals surface area contributed by atoms with Crippen molar-refractivity contribution in [3.63, 3.8) is 0 Å². The summed E-state index contributed by atoms with van der Waals surface area (Å²) in [7, 11) is 0. The fraction of sp³-hybridized carbons (Fsp3) is 0.235. The normalized spacial score (nSPS) is 10.2. The van der Waals surface area contributed by atoms with Crippen LogP contribution in [0.4, 0.5) is 5.69 Å². The molecule has 0 heterocycles. The van der Waals surface area contributed by atoms with Gasteiger partial charge in [0.15, 0.2) is 11.5 Å². The third kappa shape index (κ3) is 5.26. The molecule has 0 unspecified atom stereocenters. The summed E-state index contributed by atoms with van der Waals surface area (Å²) >= 11 is 3.49. The number of hydrogen-bond acceptors (Lipinski definition) is 5. The van der Waals surface area contributed by atoms with E-state index in [9.17, 15) is 4.79 Å². The largest absolute Gasteiger partial charge is 0.490 e. The Balaban J connectivity index is 2.08. The summed E-state index contributed by atoms with van der Waals surface area (Å²) in [6.45, 7) is 4.30. The molecule has 0 amide bonds. The van der Waals surface area contributed by atoms with Crippen LogP contribution in [-0.2, 0) is 11.3 Å². The minimum absolute atomic E-state index is 0.380. The molecule has 2 rings (SSSR count). The highest BCUT2D eigenvalue weighted by atomic mass is 79.9. The van der Waals surface area contributed by atoms with Gasteiger partial charge in [-0.25, -0.2) is 5.43 Å². The second-order valence-corrected chi connectivity index (χ2v) is 5.62. The molecule has 0 bridgehead atoms. The quantitative estimate of drug-likeness (QED) is 0.434. The number of anilines is 1. The Morgan fingerprint density at radius 3 is 2.57 bits per heavy atom. The fourth-order valence-corrected chi connectivity index (χ4v) is 2.44. The number of benzene rings is 2. The minimum Gasteiger partial charge on any atom is -0.490 e. The molecule has 2 aromatic rings. The Hall–Kier alpha value is -2.05. The fourth-order valence-electron chi connectivity index (χ4n) is 1.98. The van der Waals surface area contributed by atoms with Crippen LogP contribution in [0.15, 0.2) is 46.9 Å². The van der Waals surface area contributed by atoms with Crippen LogP contribution in [0.25, 0.3) is 0 Å². The van der Waals surface area contributed by atoms with Gasteiger partial charge in [0.25, 0.3) is 0 Å². The lowest BCUT2D eigenvalue weighted by atomic mass is 10.2.